The summed E-state index contributed by atoms with van der Waals surface area (Å²) in [6, 6.07) is 13.0. The third-order valence-corrected chi connectivity index (χ3v) is 7.16. The highest BCUT2D eigenvalue weighted by Gasteiger charge is 2.37. The lowest BCUT2D eigenvalue weighted by Crippen LogP contribution is -2.52. The number of carbonyl (C=O) groups excluding carboxylic acids is 2. The smallest absolute Gasteiger partial charge is 0.262 e. The first kappa shape index (κ1) is 19.6. The van der Waals surface area contributed by atoms with E-state index >= 15 is 0 Å². The van der Waals surface area contributed by atoms with Crippen molar-refractivity contribution in [2.24, 2.45) is 0 Å². The number of piperazine rings is 1. The average Bonchev–Trinajstić information content (AvgIpc) is 2.99. The predicted molar refractivity (Wildman–Crippen MR) is 105 cm³/mol. The maximum absolute atomic E-state index is 12.8. The number of imide groups is 1. The van der Waals surface area contributed by atoms with Crippen LogP contribution in [0.15, 0.2) is 53.4 Å². The van der Waals surface area contributed by atoms with Crippen LogP contribution in [0.2, 0.25) is 0 Å². The standard InChI is InChI=1S/C20H21N3O5S/c1-28-15-6-8-16(9-7-15)29(26,27)22-12-10-21(11-13-22)14-23-19(24)17-4-2-3-5-18(17)20(23)25/h2-9H,10-14H2,1H3. The fourth-order valence-corrected chi connectivity index (χ4v) is 5.00. The third kappa shape index (κ3) is 3.52. The van der Waals surface area contributed by atoms with Crippen molar-refractivity contribution in [3.8, 4) is 5.75 Å². The lowest BCUT2D eigenvalue weighted by molar-refractivity contribution is 0.0500. The molecule has 8 nitrogen and oxygen atoms in total. The Hall–Kier alpha value is -2.75. The zero-order valence-electron chi connectivity index (χ0n) is 15.9. The van der Waals surface area contributed by atoms with Gasteiger partial charge in [0.2, 0.25) is 10.0 Å². The molecule has 2 aliphatic heterocycles. The highest BCUT2D eigenvalue weighted by Crippen LogP contribution is 2.24. The fourth-order valence-electron chi connectivity index (χ4n) is 3.58. The fraction of sp³-hybridized carbons (Fsp3) is 0.300. The molecule has 0 N–H and O–H groups in total. The summed E-state index contributed by atoms with van der Waals surface area (Å²) >= 11 is 0. The Morgan fingerprint density at radius 3 is 1.93 bits per heavy atom. The van der Waals surface area contributed by atoms with E-state index in [1.165, 1.54) is 28.4 Å². The highest BCUT2D eigenvalue weighted by molar-refractivity contribution is 7.89. The topological polar surface area (TPSA) is 87.2 Å². The van der Waals surface area contributed by atoms with Gasteiger partial charge in [-0.05, 0) is 36.4 Å². The molecule has 0 aliphatic carbocycles. The minimum atomic E-state index is -3.60. The van der Waals surface area contributed by atoms with E-state index in [1.807, 2.05) is 4.90 Å². The van der Waals surface area contributed by atoms with Crippen molar-refractivity contribution in [1.29, 1.82) is 0 Å². The third-order valence-electron chi connectivity index (χ3n) is 5.25. The van der Waals surface area contributed by atoms with Crippen LogP contribution < -0.4 is 4.74 Å². The Morgan fingerprint density at radius 2 is 1.41 bits per heavy atom. The number of methoxy groups -OCH3 is 1. The Labute approximate surface area is 169 Å². The minimum absolute atomic E-state index is 0.156. The first-order valence-electron chi connectivity index (χ1n) is 9.23. The van der Waals surface area contributed by atoms with E-state index in [0.717, 1.165) is 0 Å². The maximum atomic E-state index is 12.8. The lowest BCUT2D eigenvalue weighted by atomic mass is 10.1. The van der Waals surface area contributed by atoms with E-state index in [0.29, 0.717) is 30.0 Å². The van der Waals surface area contributed by atoms with Crippen molar-refractivity contribution in [3.05, 3.63) is 59.7 Å². The number of fused-ring (bicyclic) bond motifs is 1. The molecule has 4 rings (SSSR count). The Balaban J connectivity index is 1.40. The van der Waals surface area contributed by atoms with Gasteiger partial charge in [0.15, 0.2) is 0 Å². The molecule has 2 aromatic carbocycles. The molecule has 0 radical (unpaired) electrons. The van der Waals surface area contributed by atoms with Gasteiger partial charge >= 0.3 is 0 Å². The predicted octanol–water partition coefficient (Wildman–Crippen LogP) is 1.26. The van der Waals surface area contributed by atoms with Crippen LogP contribution in [0, 0.1) is 0 Å². The van der Waals surface area contributed by atoms with E-state index in [-0.39, 0.29) is 36.5 Å². The van der Waals surface area contributed by atoms with Gasteiger partial charge in [-0.2, -0.15) is 4.31 Å². The molecule has 0 unspecified atom stereocenters. The van der Waals surface area contributed by atoms with E-state index < -0.39 is 10.0 Å². The molecule has 0 spiro atoms. The lowest BCUT2D eigenvalue weighted by Gasteiger charge is -2.35. The Morgan fingerprint density at radius 1 is 0.862 bits per heavy atom. The average molecular weight is 415 g/mol. The molecule has 1 fully saturated rings. The molecular formula is C20H21N3O5S. The van der Waals surface area contributed by atoms with Crippen molar-refractivity contribution in [2.75, 3.05) is 40.0 Å². The molecule has 2 aromatic rings. The van der Waals surface area contributed by atoms with Gasteiger partial charge in [0.25, 0.3) is 11.8 Å². The number of hydrogen-bond donors (Lipinski definition) is 0. The van der Waals surface area contributed by atoms with Crippen LogP contribution in [0.25, 0.3) is 0 Å². The van der Waals surface area contributed by atoms with Crippen molar-refractivity contribution in [3.63, 3.8) is 0 Å². The van der Waals surface area contributed by atoms with Crippen LogP contribution in [-0.4, -0.2) is 74.3 Å². The second-order valence-corrected chi connectivity index (χ2v) is 8.86. The molecular weight excluding hydrogens is 394 g/mol. The van der Waals surface area contributed by atoms with Gasteiger partial charge in [0, 0.05) is 26.2 Å². The summed E-state index contributed by atoms with van der Waals surface area (Å²) < 4.78 is 32.2. The molecule has 29 heavy (non-hydrogen) atoms. The Kier molecular flexibility index (Phi) is 5.12. The second kappa shape index (κ2) is 7.58. The number of nitrogens with zero attached hydrogens (tertiary/aromatic N) is 3. The van der Waals surface area contributed by atoms with Crippen molar-refractivity contribution < 1.29 is 22.7 Å². The first-order valence-corrected chi connectivity index (χ1v) is 10.7. The van der Waals surface area contributed by atoms with Gasteiger partial charge in [-0.15, -0.1) is 0 Å². The highest BCUT2D eigenvalue weighted by atomic mass is 32.2. The molecule has 0 aromatic heterocycles. The number of sulfonamides is 1. The number of ether oxygens (including phenoxy) is 1. The summed E-state index contributed by atoms with van der Waals surface area (Å²) in [5, 5.41) is 0. The van der Waals surface area contributed by atoms with E-state index in [4.69, 9.17) is 4.74 Å². The normalized spacial score (nSPS) is 18.2. The summed E-state index contributed by atoms with van der Waals surface area (Å²) in [5.74, 6) is -0.0209. The van der Waals surface area contributed by atoms with Crippen LogP contribution in [0.4, 0.5) is 0 Å². The minimum Gasteiger partial charge on any atom is -0.497 e. The van der Waals surface area contributed by atoms with E-state index in [9.17, 15) is 18.0 Å². The molecule has 0 atom stereocenters. The Bertz CT molecular complexity index is 1010. The van der Waals surface area contributed by atoms with Gasteiger partial charge in [-0.1, -0.05) is 12.1 Å². The SMILES string of the molecule is COc1ccc(S(=O)(=O)N2CCN(CN3C(=O)c4ccccc4C3=O)CC2)cc1. The number of hydrogen-bond acceptors (Lipinski definition) is 6. The summed E-state index contributed by atoms with van der Waals surface area (Å²) in [6.45, 7) is 1.60. The van der Waals surface area contributed by atoms with Crippen LogP contribution in [-0.2, 0) is 10.0 Å². The van der Waals surface area contributed by atoms with Crippen molar-refractivity contribution >= 4 is 21.8 Å². The molecule has 1 saturated heterocycles. The number of benzene rings is 2. The monoisotopic (exact) mass is 415 g/mol. The number of rotatable bonds is 5. The largest absolute Gasteiger partial charge is 0.497 e. The second-order valence-electron chi connectivity index (χ2n) is 6.92. The summed E-state index contributed by atoms with van der Waals surface area (Å²) in [6.07, 6.45) is 0. The van der Waals surface area contributed by atoms with Crippen LogP contribution >= 0.6 is 0 Å². The molecule has 0 saturated carbocycles. The van der Waals surface area contributed by atoms with Crippen LogP contribution in [0.3, 0.4) is 0 Å². The maximum Gasteiger partial charge on any atom is 0.262 e. The molecule has 2 aliphatic rings. The first-order chi connectivity index (χ1) is 13.9. The molecule has 9 heteroatoms. The molecule has 0 bridgehead atoms. The van der Waals surface area contributed by atoms with E-state index in [1.54, 1.807) is 36.4 Å². The van der Waals surface area contributed by atoms with Crippen molar-refractivity contribution in [2.45, 2.75) is 4.90 Å². The van der Waals surface area contributed by atoms with Crippen molar-refractivity contribution in [1.82, 2.24) is 14.1 Å². The summed E-state index contributed by atoms with van der Waals surface area (Å²) in [5.41, 5.74) is 0.830. The van der Waals surface area contributed by atoms with Gasteiger partial charge < -0.3 is 4.74 Å². The van der Waals surface area contributed by atoms with Crippen LogP contribution in [0.1, 0.15) is 20.7 Å². The quantitative estimate of drug-likeness (QED) is 0.684. The van der Waals surface area contributed by atoms with Gasteiger partial charge in [-0.3, -0.25) is 19.4 Å². The summed E-state index contributed by atoms with van der Waals surface area (Å²) in [7, 11) is -2.07. The number of carbonyl (C=O) groups is 2. The zero-order chi connectivity index (χ0) is 20.6. The van der Waals surface area contributed by atoms with E-state index in [2.05, 4.69) is 0 Å². The van der Waals surface area contributed by atoms with Gasteiger partial charge in [-0.25, -0.2) is 8.42 Å². The van der Waals surface area contributed by atoms with Crippen LogP contribution in [0.5, 0.6) is 5.75 Å². The molecule has 152 valence electrons. The molecule has 2 heterocycles. The van der Waals surface area contributed by atoms with Gasteiger partial charge in [0.1, 0.15) is 5.75 Å². The van der Waals surface area contributed by atoms with Gasteiger partial charge in [0.05, 0.1) is 29.8 Å². The summed E-state index contributed by atoms with van der Waals surface area (Å²) in [4.78, 5) is 28.4. The molecule has 2 amide bonds. The number of amides is 2. The zero-order valence-corrected chi connectivity index (χ0v) is 16.8.